The SMILES string of the molecule is [2H]c1c(-c2ccccc2)cc2ccccc2c1-c1c([2H])c(-c2ccccc2)c(OCCO)c2c(OCCO)cccc12. The van der Waals surface area contributed by atoms with Crippen LogP contribution in [0.5, 0.6) is 11.5 Å². The van der Waals surface area contributed by atoms with Crippen LogP contribution < -0.4 is 9.47 Å². The van der Waals surface area contributed by atoms with Gasteiger partial charge in [-0.05, 0) is 68.2 Å². The van der Waals surface area contributed by atoms with Gasteiger partial charge in [-0.3, -0.25) is 0 Å². The van der Waals surface area contributed by atoms with Crippen LogP contribution in [0.15, 0.2) is 121 Å². The second kappa shape index (κ2) is 11.6. The number of rotatable bonds is 9. The molecule has 0 aliphatic carbocycles. The lowest BCUT2D eigenvalue weighted by atomic mass is 9.87. The molecule has 198 valence electrons. The van der Waals surface area contributed by atoms with Crippen LogP contribution in [-0.2, 0) is 0 Å². The number of benzene rings is 6. The molecule has 0 aromatic heterocycles. The summed E-state index contributed by atoms with van der Waals surface area (Å²) in [7, 11) is 0. The maximum atomic E-state index is 9.73. The van der Waals surface area contributed by atoms with Gasteiger partial charge in [0.1, 0.15) is 24.7 Å². The minimum Gasteiger partial charge on any atom is -0.490 e. The molecule has 4 heteroatoms. The fourth-order valence-corrected chi connectivity index (χ4v) is 5.14. The number of hydrogen-bond donors (Lipinski definition) is 2. The van der Waals surface area contributed by atoms with Crippen LogP contribution in [0.1, 0.15) is 2.74 Å². The van der Waals surface area contributed by atoms with E-state index in [1.54, 1.807) is 0 Å². The van der Waals surface area contributed by atoms with Gasteiger partial charge in [0.15, 0.2) is 0 Å². The second-order valence-electron chi connectivity index (χ2n) is 9.40. The Morgan fingerprint density at radius 1 is 0.550 bits per heavy atom. The van der Waals surface area contributed by atoms with Crippen molar-refractivity contribution in [1.29, 1.82) is 0 Å². The summed E-state index contributed by atoms with van der Waals surface area (Å²) in [5, 5.41) is 22.4. The van der Waals surface area contributed by atoms with Crippen LogP contribution in [0, 0.1) is 0 Å². The van der Waals surface area contributed by atoms with Gasteiger partial charge in [-0.2, -0.15) is 0 Å². The Kier molecular flexibility index (Phi) is 6.76. The fourth-order valence-electron chi connectivity index (χ4n) is 5.14. The quantitative estimate of drug-likeness (QED) is 0.202. The molecule has 0 aliphatic rings. The first kappa shape index (κ1) is 23.3. The van der Waals surface area contributed by atoms with Gasteiger partial charge >= 0.3 is 0 Å². The van der Waals surface area contributed by atoms with Gasteiger partial charge in [-0.25, -0.2) is 0 Å². The normalized spacial score (nSPS) is 11.8. The van der Waals surface area contributed by atoms with Crippen molar-refractivity contribution in [3.63, 3.8) is 0 Å². The van der Waals surface area contributed by atoms with Crippen LogP contribution in [-0.4, -0.2) is 36.6 Å². The molecule has 4 nitrogen and oxygen atoms in total. The predicted octanol–water partition coefficient (Wildman–Crippen LogP) is 7.74. The minimum absolute atomic E-state index is 0.0260. The van der Waals surface area contributed by atoms with Crippen LogP contribution in [0.2, 0.25) is 0 Å². The second-order valence-corrected chi connectivity index (χ2v) is 9.40. The lowest BCUT2D eigenvalue weighted by molar-refractivity contribution is 0.198. The monoisotopic (exact) mass is 528 g/mol. The van der Waals surface area contributed by atoms with Crippen LogP contribution in [0.25, 0.3) is 54.9 Å². The van der Waals surface area contributed by atoms with E-state index in [2.05, 4.69) is 0 Å². The highest BCUT2D eigenvalue weighted by Gasteiger charge is 2.21. The highest BCUT2D eigenvalue weighted by Crippen LogP contribution is 2.48. The molecule has 0 aliphatic heterocycles. The molecule has 0 amide bonds. The van der Waals surface area contributed by atoms with Crippen LogP contribution in [0.4, 0.5) is 0 Å². The Hall–Kier alpha value is -4.64. The van der Waals surface area contributed by atoms with Crippen molar-refractivity contribution in [2.45, 2.75) is 0 Å². The van der Waals surface area contributed by atoms with E-state index in [-0.39, 0.29) is 32.5 Å². The Balaban J connectivity index is 1.81. The summed E-state index contributed by atoms with van der Waals surface area (Å²) in [4.78, 5) is 0. The molecule has 6 aromatic rings. The topological polar surface area (TPSA) is 58.9 Å². The maximum absolute atomic E-state index is 9.73. The van der Waals surface area contributed by atoms with Crippen molar-refractivity contribution in [1.82, 2.24) is 0 Å². The lowest BCUT2D eigenvalue weighted by Crippen LogP contribution is -2.06. The first-order valence-corrected chi connectivity index (χ1v) is 13.3. The highest BCUT2D eigenvalue weighted by atomic mass is 16.5. The molecule has 6 rings (SSSR count). The van der Waals surface area contributed by atoms with Crippen molar-refractivity contribution in [2.75, 3.05) is 26.4 Å². The van der Waals surface area contributed by atoms with Gasteiger partial charge in [0, 0.05) is 5.56 Å². The zero-order valence-electron chi connectivity index (χ0n) is 23.9. The number of ether oxygens (including phenoxy) is 2. The lowest BCUT2D eigenvalue weighted by Gasteiger charge is -2.21. The van der Waals surface area contributed by atoms with Gasteiger partial charge in [0.25, 0.3) is 0 Å². The summed E-state index contributed by atoms with van der Waals surface area (Å²) in [6, 6.07) is 35.5. The summed E-state index contributed by atoms with van der Waals surface area (Å²) in [6.07, 6.45) is 0. The Morgan fingerprint density at radius 2 is 1.18 bits per heavy atom. The van der Waals surface area contributed by atoms with E-state index in [1.807, 2.05) is 109 Å². The fraction of sp³-hybridized carbons (Fsp3) is 0.111. The molecule has 2 N–H and O–H groups in total. The standard InChI is InChI=1S/C36H30O4/c37-18-20-39-34-17-9-16-30-33(24-31(26-12-5-2-6-13-26)36(35(30)34)40-21-19-38)32-23-28(25-10-3-1-4-11-25)22-27-14-7-8-15-29(27)32/h1-17,22-24,37-38H,18-21H2/i23D,24D. The predicted molar refractivity (Wildman–Crippen MR) is 163 cm³/mol. The van der Waals surface area contributed by atoms with Gasteiger partial charge in [-0.15, -0.1) is 0 Å². The summed E-state index contributed by atoms with van der Waals surface area (Å²) in [5.74, 6) is 0.908. The average molecular weight is 529 g/mol. The van der Waals surface area contributed by atoms with Gasteiger partial charge in [-0.1, -0.05) is 97.1 Å². The first-order valence-electron chi connectivity index (χ1n) is 14.3. The number of fused-ring (bicyclic) bond motifs is 2. The molecule has 0 unspecified atom stereocenters. The molecule has 0 heterocycles. The molecule has 0 bridgehead atoms. The smallest absolute Gasteiger partial charge is 0.138 e. The average Bonchev–Trinajstić information content (AvgIpc) is 3.03. The highest BCUT2D eigenvalue weighted by molar-refractivity contribution is 6.12. The molecule has 0 spiro atoms. The van der Waals surface area contributed by atoms with E-state index < -0.39 is 0 Å². The molecule has 40 heavy (non-hydrogen) atoms. The third-order valence-corrected chi connectivity index (χ3v) is 6.87. The maximum Gasteiger partial charge on any atom is 0.138 e. The van der Waals surface area contributed by atoms with Gasteiger partial charge in [0.2, 0.25) is 0 Å². The largest absolute Gasteiger partial charge is 0.490 e. The Bertz CT molecular complexity index is 1870. The summed E-state index contributed by atoms with van der Waals surface area (Å²) < 4.78 is 31.5. The summed E-state index contributed by atoms with van der Waals surface area (Å²) in [5.41, 5.74) is 4.24. The van der Waals surface area contributed by atoms with Crippen molar-refractivity contribution in [3.05, 3.63) is 121 Å². The molecular formula is C36H30O4. The van der Waals surface area contributed by atoms with Crippen LogP contribution in [0.3, 0.4) is 0 Å². The number of aliphatic hydroxyl groups is 2. The third kappa shape index (κ3) is 4.91. The van der Waals surface area contributed by atoms with Gasteiger partial charge < -0.3 is 19.7 Å². The Morgan fingerprint density at radius 3 is 1.93 bits per heavy atom. The van der Waals surface area contributed by atoms with Crippen molar-refractivity contribution < 1.29 is 22.4 Å². The zero-order chi connectivity index (χ0) is 29.1. The molecule has 0 fully saturated rings. The zero-order valence-corrected chi connectivity index (χ0v) is 21.9. The molecule has 0 radical (unpaired) electrons. The number of aliphatic hydroxyl groups excluding tert-OH is 2. The van der Waals surface area contributed by atoms with Crippen LogP contribution >= 0.6 is 0 Å². The van der Waals surface area contributed by atoms with E-state index in [1.165, 1.54) is 0 Å². The van der Waals surface area contributed by atoms with Crippen molar-refractivity contribution in [2.24, 2.45) is 0 Å². The molecule has 0 saturated carbocycles. The number of hydrogen-bond acceptors (Lipinski definition) is 4. The summed E-state index contributed by atoms with van der Waals surface area (Å²) in [6.45, 7) is -0.269. The minimum atomic E-state index is -0.203. The van der Waals surface area contributed by atoms with E-state index in [0.717, 1.165) is 27.5 Å². The third-order valence-electron chi connectivity index (χ3n) is 6.87. The molecule has 0 atom stereocenters. The van der Waals surface area contributed by atoms with Gasteiger partial charge in [0.05, 0.1) is 21.3 Å². The van der Waals surface area contributed by atoms with E-state index in [0.29, 0.717) is 45.0 Å². The first-order chi connectivity index (χ1) is 20.6. The van der Waals surface area contributed by atoms with E-state index in [4.69, 9.17) is 9.47 Å². The molecular weight excluding hydrogens is 496 g/mol. The van der Waals surface area contributed by atoms with Crippen molar-refractivity contribution >= 4 is 21.5 Å². The van der Waals surface area contributed by atoms with E-state index >= 15 is 0 Å². The Labute approximate surface area is 236 Å². The van der Waals surface area contributed by atoms with E-state index in [9.17, 15) is 13.0 Å². The molecule has 6 aromatic carbocycles. The van der Waals surface area contributed by atoms with Crippen molar-refractivity contribution in [3.8, 4) is 44.9 Å². The summed E-state index contributed by atoms with van der Waals surface area (Å²) >= 11 is 0. The molecule has 0 saturated heterocycles.